The number of nitrogens with zero attached hydrogens (tertiary/aromatic N) is 1. The van der Waals surface area contributed by atoms with Crippen LogP contribution in [0.15, 0.2) is 71.1 Å². The van der Waals surface area contributed by atoms with Crippen LogP contribution in [-0.2, 0) is 22.6 Å². The average molecular weight is 408 g/mol. The van der Waals surface area contributed by atoms with Gasteiger partial charge in [0.1, 0.15) is 12.4 Å². The molecule has 0 fully saturated rings. The summed E-state index contributed by atoms with van der Waals surface area (Å²) in [5, 5.41) is 5.96. The SMILES string of the molecule is COC(=O)c1ccc(COc2ccccc2/C=N\NC(=O)Cc2cccs2)cc1. The molecule has 7 heteroatoms. The minimum atomic E-state index is -0.375. The number of nitrogens with one attached hydrogen (secondary N) is 1. The van der Waals surface area contributed by atoms with Gasteiger partial charge in [0.05, 0.1) is 25.3 Å². The highest BCUT2D eigenvalue weighted by molar-refractivity contribution is 7.10. The molecule has 29 heavy (non-hydrogen) atoms. The van der Waals surface area contributed by atoms with Gasteiger partial charge in [-0.25, -0.2) is 10.2 Å². The fourth-order valence-corrected chi connectivity index (χ4v) is 3.22. The molecule has 3 aromatic rings. The number of para-hydroxylation sites is 1. The van der Waals surface area contributed by atoms with Crippen LogP contribution in [-0.4, -0.2) is 25.2 Å². The number of hydrazone groups is 1. The first-order valence-electron chi connectivity index (χ1n) is 8.89. The van der Waals surface area contributed by atoms with Gasteiger partial charge in [-0.2, -0.15) is 5.10 Å². The largest absolute Gasteiger partial charge is 0.488 e. The quantitative estimate of drug-likeness (QED) is 0.349. The highest BCUT2D eigenvalue weighted by Gasteiger charge is 2.06. The van der Waals surface area contributed by atoms with Crippen molar-refractivity contribution in [2.24, 2.45) is 5.10 Å². The van der Waals surface area contributed by atoms with E-state index in [2.05, 4.69) is 10.5 Å². The van der Waals surface area contributed by atoms with Gasteiger partial charge in [-0.3, -0.25) is 4.79 Å². The van der Waals surface area contributed by atoms with Crippen LogP contribution in [0.1, 0.15) is 26.4 Å². The molecule has 1 heterocycles. The Hall–Kier alpha value is -3.45. The number of methoxy groups -OCH3 is 1. The first kappa shape index (κ1) is 20.3. The first-order valence-corrected chi connectivity index (χ1v) is 9.77. The standard InChI is InChI=1S/C22H20N2O4S/c1-27-22(26)17-10-8-16(9-11-17)15-28-20-7-3-2-5-18(20)14-23-24-21(25)13-19-6-4-12-29-19/h2-12,14H,13,15H2,1H3,(H,24,25)/b23-14-. The molecule has 0 radical (unpaired) electrons. The minimum absolute atomic E-state index is 0.173. The molecule has 1 amide bonds. The molecular weight excluding hydrogens is 388 g/mol. The van der Waals surface area contributed by atoms with E-state index in [1.165, 1.54) is 18.4 Å². The second-order valence-corrected chi connectivity index (χ2v) is 7.10. The molecule has 2 aromatic carbocycles. The minimum Gasteiger partial charge on any atom is -0.488 e. The first-order chi connectivity index (χ1) is 14.2. The van der Waals surface area contributed by atoms with E-state index in [0.717, 1.165) is 16.0 Å². The van der Waals surface area contributed by atoms with Crippen LogP contribution < -0.4 is 10.2 Å². The van der Waals surface area contributed by atoms with Gasteiger partial charge < -0.3 is 9.47 Å². The maximum atomic E-state index is 11.9. The lowest BCUT2D eigenvalue weighted by molar-refractivity contribution is -0.120. The van der Waals surface area contributed by atoms with Crippen molar-refractivity contribution in [3.05, 3.63) is 87.6 Å². The van der Waals surface area contributed by atoms with Crippen LogP contribution in [0.4, 0.5) is 0 Å². The van der Waals surface area contributed by atoms with Crippen molar-refractivity contribution in [1.82, 2.24) is 5.43 Å². The van der Waals surface area contributed by atoms with Gasteiger partial charge in [0.15, 0.2) is 0 Å². The van der Waals surface area contributed by atoms with Gasteiger partial charge in [0.2, 0.25) is 5.91 Å². The number of hydrogen-bond donors (Lipinski definition) is 1. The second kappa shape index (κ2) is 10.2. The molecule has 0 atom stereocenters. The summed E-state index contributed by atoms with van der Waals surface area (Å²) in [5.74, 6) is 0.0914. The number of hydrogen-bond acceptors (Lipinski definition) is 6. The maximum Gasteiger partial charge on any atom is 0.337 e. The number of benzene rings is 2. The van der Waals surface area contributed by atoms with Crippen LogP contribution in [0.3, 0.4) is 0 Å². The highest BCUT2D eigenvalue weighted by atomic mass is 32.1. The van der Waals surface area contributed by atoms with Gasteiger partial charge in [-0.1, -0.05) is 30.3 Å². The topological polar surface area (TPSA) is 77.0 Å². The van der Waals surface area contributed by atoms with Crippen molar-refractivity contribution in [2.75, 3.05) is 7.11 Å². The Kier molecular flexibility index (Phi) is 7.13. The Labute approximate surface area is 172 Å². The fraction of sp³-hybridized carbons (Fsp3) is 0.136. The normalized spacial score (nSPS) is 10.7. The number of carbonyl (C=O) groups excluding carboxylic acids is 2. The molecule has 0 aliphatic heterocycles. The second-order valence-electron chi connectivity index (χ2n) is 6.06. The molecule has 1 aromatic heterocycles. The number of thiophene rings is 1. The van der Waals surface area contributed by atoms with E-state index < -0.39 is 0 Å². The lowest BCUT2D eigenvalue weighted by atomic mass is 10.1. The molecule has 1 N–H and O–H groups in total. The fourth-order valence-electron chi connectivity index (χ4n) is 2.52. The summed E-state index contributed by atoms with van der Waals surface area (Å²) in [6, 6.07) is 18.3. The smallest absolute Gasteiger partial charge is 0.337 e. The van der Waals surface area contributed by atoms with Gasteiger partial charge in [-0.05, 0) is 41.3 Å². The number of ether oxygens (including phenoxy) is 2. The molecule has 6 nitrogen and oxygen atoms in total. The van der Waals surface area contributed by atoms with Gasteiger partial charge in [0, 0.05) is 10.4 Å². The number of esters is 1. The van der Waals surface area contributed by atoms with Crippen molar-refractivity contribution in [3.8, 4) is 5.75 Å². The highest BCUT2D eigenvalue weighted by Crippen LogP contribution is 2.18. The van der Waals surface area contributed by atoms with Crippen LogP contribution in [0, 0.1) is 0 Å². The van der Waals surface area contributed by atoms with E-state index in [1.54, 1.807) is 18.3 Å². The third-order valence-electron chi connectivity index (χ3n) is 4.00. The van der Waals surface area contributed by atoms with E-state index in [4.69, 9.17) is 9.47 Å². The van der Waals surface area contributed by atoms with Gasteiger partial charge in [0.25, 0.3) is 0 Å². The van der Waals surface area contributed by atoms with Crippen molar-refractivity contribution in [1.29, 1.82) is 0 Å². The van der Waals surface area contributed by atoms with Crippen molar-refractivity contribution >= 4 is 29.4 Å². The lowest BCUT2D eigenvalue weighted by Gasteiger charge is -2.09. The monoisotopic (exact) mass is 408 g/mol. The van der Waals surface area contributed by atoms with E-state index in [1.807, 2.05) is 53.9 Å². The molecular formula is C22H20N2O4S. The van der Waals surface area contributed by atoms with E-state index in [0.29, 0.717) is 24.3 Å². The molecule has 0 bridgehead atoms. The molecule has 0 aliphatic rings. The number of carbonyl (C=O) groups is 2. The maximum absolute atomic E-state index is 11.9. The zero-order valence-corrected chi connectivity index (χ0v) is 16.6. The Morgan fingerprint density at radius 1 is 1.07 bits per heavy atom. The Morgan fingerprint density at radius 2 is 1.86 bits per heavy atom. The molecule has 0 saturated heterocycles. The van der Waals surface area contributed by atoms with Crippen molar-refractivity contribution < 1.29 is 19.1 Å². The summed E-state index contributed by atoms with van der Waals surface area (Å²) in [6.07, 6.45) is 1.86. The summed E-state index contributed by atoms with van der Waals surface area (Å²) in [7, 11) is 1.35. The molecule has 148 valence electrons. The third kappa shape index (κ3) is 6.02. The van der Waals surface area contributed by atoms with E-state index in [-0.39, 0.29) is 11.9 Å². The van der Waals surface area contributed by atoms with E-state index in [9.17, 15) is 9.59 Å². The molecule has 0 spiro atoms. The summed E-state index contributed by atoms with van der Waals surface area (Å²) >= 11 is 1.53. The molecule has 0 aliphatic carbocycles. The predicted molar refractivity (Wildman–Crippen MR) is 112 cm³/mol. The Morgan fingerprint density at radius 3 is 2.59 bits per heavy atom. The zero-order chi connectivity index (χ0) is 20.5. The zero-order valence-electron chi connectivity index (χ0n) is 15.8. The summed E-state index contributed by atoms with van der Waals surface area (Å²) in [5.41, 5.74) is 4.67. The van der Waals surface area contributed by atoms with Crippen LogP contribution in [0.25, 0.3) is 0 Å². The van der Waals surface area contributed by atoms with Gasteiger partial charge in [-0.15, -0.1) is 11.3 Å². The molecule has 0 unspecified atom stereocenters. The number of rotatable bonds is 8. The summed E-state index contributed by atoms with van der Waals surface area (Å²) in [4.78, 5) is 24.4. The van der Waals surface area contributed by atoms with Crippen molar-refractivity contribution in [2.45, 2.75) is 13.0 Å². The Balaban J connectivity index is 1.57. The third-order valence-corrected chi connectivity index (χ3v) is 4.87. The van der Waals surface area contributed by atoms with Crippen LogP contribution in [0.5, 0.6) is 5.75 Å². The predicted octanol–water partition coefficient (Wildman–Crippen LogP) is 3.81. The van der Waals surface area contributed by atoms with Crippen LogP contribution in [0.2, 0.25) is 0 Å². The van der Waals surface area contributed by atoms with Crippen LogP contribution >= 0.6 is 11.3 Å². The summed E-state index contributed by atoms with van der Waals surface area (Å²) < 4.78 is 10.6. The average Bonchev–Trinajstić information content (AvgIpc) is 3.26. The summed E-state index contributed by atoms with van der Waals surface area (Å²) in [6.45, 7) is 0.330. The van der Waals surface area contributed by atoms with Crippen molar-refractivity contribution in [3.63, 3.8) is 0 Å². The number of amides is 1. The lowest BCUT2D eigenvalue weighted by Crippen LogP contribution is -2.19. The Bertz CT molecular complexity index is 982. The van der Waals surface area contributed by atoms with E-state index >= 15 is 0 Å². The van der Waals surface area contributed by atoms with Gasteiger partial charge >= 0.3 is 5.97 Å². The molecule has 0 saturated carbocycles. The molecule has 3 rings (SSSR count).